The van der Waals surface area contributed by atoms with E-state index in [-0.39, 0.29) is 35.5 Å². The van der Waals surface area contributed by atoms with Crippen LogP contribution in [0.3, 0.4) is 0 Å². The third-order valence-electron chi connectivity index (χ3n) is 4.35. The number of aliphatic hydroxyl groups is 1. The van der Waals surface area contributed by atoms with E-state index in [4.69, 9.17) is 0 Å². The van der Waals surface area contributed by atoms with Crippen molar-refractivity contribution in [3.8, 4) is 0 Å². The van der Waals surface area contributed by atoms with Gasteiger partial charge >= 0.3 is 0 Å². The summed E-state index contributed by atoms with van der Waals surface area (Å²) in [4.78, 5) is 29.7. The van der Waals surface area contributed by atoms with E-state index in [1.165, 1.54) is 6.20 Å². The van der Waals surface area contributed by atoms with Gasteiger partial charge in [0, 0.05) is 23.6 Å². The van der Waals surface area contributed by atoms with Gasteiger partial charge in [-0.25, -0.2) is 0 Å². The van der Waals surface area contributed by atoms with Crippen molar-refractivity contribution in [1.82, 2.24) is 9.88 Å². The molecule has 1 aliphatic rings. The van der Waals surface area contributed by atoms with Gasteiger partial charge in [-0.05, 0) is 24.5 Å². The molecule has 1 aromatic heterocycles. The molecule has 1 aliphatic heterocycles. The second-order valence-electron chi connectivity index (χ2n) is 5.59. The molecule has 2 unspecified atom stereocenters. The van der Waals surface area contributed by atoms with Gasteiger partial charge < -0.3 is 15.0 Å². The van der Waals surface area contributed by atoms with Crippen LogP contribution in [0.1, 0.15) is 23.7 Å². The zero-order valence-corrected chi connectivity index (χ0v) is 11.9. The van der Waals surface area contributed by atoms with Crippen molar-refractivity contribution in [1.29, 1.82) is 0 Å². The van der Waals surface area contributed by atoms with E-state index in [0.717, 1.165) is 6.42 Å². The van der Waals surface area contributed by atoms with Crippen molar-refractivity contribution >= 4 is 16.8 Å². The lowest BCUT2D eigenvalue weighted by atomic mass is 10.0. The predicted octanol–water partition coefficient (Wildman–Crippen LogP) is 1.37. The fourth-order valence-corrected chi connectivity index (χ4v) is 3.02. The Kier molecular flexibility index (Phi) is 3.51. The molecule has 5 nitrogen and oxygen atoms in total. The Morgan fingerprint density at radius 1 is 1.43 bits per heavy atom. The maximum absolute atomic E-state index is 12.6. The Morgan fingerprint density at radius 3 is 2.95 bits per heavy atom. The molecule has 2 N–H and O–H groups in total. The minimum Gasteiger partial charge on any atom is -0.394 e. The van der Waals surface area contributed by atoms with Crippen molar-refractivity contribution in [2.45, 2.75) is 19.4 Å². The summed E-state index contributed by atoms with van der Waals surface area (Å²) in [6.45, 7) is 2.52. The Morgan fingerprint density at radius 2 is 2.19 bits per heavy atom. The topological polar surface area (TPSA) is 73.4 Å². The Balaban J connectivity index is 2.03. The Labute approximate surface area is 122 Å². The number of benzene rings is 1. The maximum atomic E-state index is 12.6. The number of H-pyrrole nitrogens is 1. The number of pyridine rings is 1. The lowest BCUT2D eigenvalue weighted by Gasteiger charge is -2.25. The van der Waals surface area contributed by atoms with Gasteiger partial charge in [0.15, 0.2) is 0 Å². The van der Waals surface area contributed by atoms with Crippen LogP contribution in [0.2, 0.25) is 0 Å². The van der Waals surface area contributed by atoms with Crippen LogP contribution in [0.25, 0.3) is 10.9 Å². The number of hydrogen-bond acceptors (Lipinski definition) is 3. The van der Waals surface area contributed by atoms with Crippen LogP contribution < -0.4 is 5.43 Å². The molecule has 1 saturated heterocycles. The predicted molar refractivity (Wildman–Crippen MR) is 80.3 cm³/mol. The lowest BCUT2D eigenvalue weighted by molar-refractivity contribution is 0.0647. The largest absolute Gasteiger partial charge is 0.394 e. The number of amides is 1. The first-order valence-corrected chi connectivity index (χ1v) is 7.15. The number of aliphatic hydroxyl groups excluding tert-OH is 1. The number of aromatic amines is 1. The Bertz CT molecular complexity index is 738. The fourth-order valence-electron chi connectivity index (χ4n) is 3.02. The van der Waals surface area contributed by atoms with Crippen LogP contribution in [0, 0.1) is 5.92 Å². The molecule has 1 amide bonds. The molecular formula is C16H18N2O3. The second kappa shape index (κ2) is 5.33. The number of fused-ring (bicyclic) bond motifs is 1. The number of hydrogen-bond donors (Lipinski definition) is 2. The SMILES string of the molecule is CC1CCN(C(=O)c2c[nH]c3ccccc3c2=O)C1CO. The number of nitrogens with zero attached hydrogens (tertiary/aromatic N) is 1. The van der Waals surface area contributed by atoms with Gasteiger partial charge in [0.05, 0.1) is 12.6 Å². The molecule has 110 valence electrons. The molecule has 0 bridgehead atoms. The highest BCUT2D eigenvalue weighted by molar-refractivity contribution is 5.97. The third kappa shape index (κ3) is 2.23. The first-order chi connectivity index (χ1) is 10.1. The van der Waals surface area contributed by atoms with Crippen molar-refractivity contribution in [2.75, 3.05) is 13.2 Å². The molecule has 0 aliphatic carbocycles. The van der Waals surface area contributed by atoms with Gasteiger partial charge in [-0.2, -0.15) is 0 Å². The first-order valence-electron chi connectivity index (χ1n) is 7.15. The van der Waals surface area contributed by atoms with Gasteiger partial charge in [0.2, 0.25) is 5.43 Å². The summed E-state index contributed by atoms with van der Waals surface area (Å²) in [5.74, 6) is -0.0520. The average Bonchev–Trinajstić information content (AvgIpc) is 2.88. The van der Waals surface area contributed by atoms with Gasteiger partial charge in [0.1, 0.15) is 5.56 Å². The normalized spacial score (nSPS) is 21.9. The first kappa shape index (κ1) is 13.8. The van der Waals surface area contributed by atoms with Crippen LogP contribution in [-0.4, -0.2) is 40.1 Å². The number of nitrogens with one attached hydrogen (secondary N) is 1. The lowest BCUT2D eigenvalue weighted by Crippen LogP contribution is -2.41. The summed E-state index contributed by atoms with van der Waals surface area (Å²) < 4.78 is 0. The highest BCUT2D eigenvalue weighted by atomic mass is 16.3. The molecule has 3 rings (SSSR count). The molecular weight excluding hydrogens is 268 g/mol. The average molecular weight is 286 g/mol. The molecule has 0 radical (unpaired) electrons. The summed E-state index contributed by atoms with van der Waals surface area (Å²) in [5, 5.41) is 9.97. The highest BCUT2D eigenvalue weighted by Crippen LogP contribution is 2.24. The van der Waals surface area contributed by atoms with Crippen molar-refractivity contribution in [3.63, 3.8) is 0 Å². The van der Waals surface area contributed by atoms with Crippen LogP contribution in [0.5, 0.6) is 0 Å². The van der Waals surface area contributed by atoms with Crippen molar-refractivity contribution in [3.05, 3.63) is 46.2 Å². The maximum Gasteiger partial charge on any atom is 0.259 e. The molecule has 5 heteroatoms. The van der Waals surface area contributed by atoms with Gasteiger partial charge in [-0.1, -0.05) is 19.1 Å². The van der Waals surface area contributed by atoms with E-state index < -0.39 is 0 Å². The van der Waals surface area contributed by atoms with E-state index in [0.29, 0.717) is 17.4 Å². The number of para-hydroxylation sites is 1. The van der Waals surface area contributed by atoms with E-state index in [1.807, 2.05) is 13.0 Å². The molecule has 0 spiro atoms. The molecule has 0 saturated carbocycles. The van der Waals surface area contributed by atoms with Crippen molar-refractivity contribution < 1.29 is 9.90 Å². The third-order valence-corrected chi connectivity index (χ3v) is 4.35. The van der Waals surface area contributed by atoms with Crippen LogP contribution in [-0.2, 0) is 0 Å². The standard InChI is InChI=1S/C16H18N2O3/c1-10-6-7-18(14(10)9-19)16(21)12-8-17-13-5-3-2-4-11(13)15(12)20/h2-5,8,10,14,19H,6-7,9H2,1H3,(H,17,20). The minimum absolute atomic E-state index is 0.0710. The van der Waals surface area contributed by atoms with Crippen LogP contribution in [0.15, 0.2) is 35.3 Å². The van der Waals surface area contributed by atoms with Crippen LogP contribution >= 0.6 is 0 Å². The van der Waals surface area contributed by atoms with Gasteiger partial charge in [0.25, 0.3) is 5.91 Å². The summed E-state index contributed by atoms with van der Waals surface area (Å²) in [5.41, 5.74) is 0.597. The van der Waals surface area contributed by atoms with E-state index in [2.05, 4.69) is 4.98 Å². The van der Waals surface area contributed by atoms with E-state index in [9.17, 15) is 14.7 Å². The molecule has 1 fully saturated rings. The number of aromatic nitrogens is 1. The fraction of sp³-hybridized carbons (Fsp3) is 0.375. The summed E-state index contributed by atoms with van der Waals surface area (Å²) in [6, 6.07) is 6.92. The molecule has 2 aromatic rings. The minimum atomic E-state index is -0.301. The Hall–Kier alpha value is -2.14. The zero-order chi connectivity index (χ0) is 15.0. The quantitative estimate of drug-likeness (QED) is 0.875. The molecule has 2 atom stereocenters. The second-order valence-corrected chi connectivity index (χ2v) is 5.59. The van der Waals surface area contributed by atoms with Crippen LogP contribution in [0.4, 0.5) is 0 Å². The molecule has 1 aromatic carbocycles. The summed E-state index contributed by atoms with van der Waals surface area (Å²) in [7, 11) is 0. The smallest absolute Gasteiger partial charge is 0.259 e. The number of rotatable bonds is 2. The number of carbonyl (C=O) groups is 1. The van der Waals surface area contributed by atoms with Crippen molar-refractivity contribution in [2.24, 2.45) is 5.92 Å². The van der Waals surface area contributed by atoms with Gasteiger partial charge in [-0.15, -0.1) is 0 Å². The molecule has 2 heterocycles. The number of carbonyl (C=O) groups excluding carboxylic acids is 1. The monoisotopic (exact) mass is 286 g/mol. The highest BCUT2D eigenvalue weighted by Gasteiger charge is 2.35. The van der Waals surface area contributed by atoms with Gasteiger partial charge in [-0.3, -0.25) is 9.59 Å². The summed E-state index contributed by atoms with van der Waals surface area (Å²) >= 11 is 0. The van der Waals surface area contributed by atoms with E-state index >= 15 is 0 Å². The van der Waals surface area contributed by atoms with E-state index in [1.54, 1.807) is 23.1 Å². The molecule has 21 heavy (non-hydrogen) atoms. The number of likely N-dealkylation sites (tertiary alicyclic amines) is 1. The zero-order valence-electron chi connectivity index (χ0n) is 11.9. The summed E-state index contributed by atoms with van der Waals surface area (Å²) in [6.07, 6.45) is 2.33.